The van der Waals surface area contributed by atoms with Crippen LogP contribution >= 0.6 is 6.04 Å². The van der Waals surface area contributed by atoms with E-state index in [1.54, 1.807) is 0 Å². The molecule has 0 N–H and O–H groups in total. The highest BCUT2D eigenvalue weighted by atomic mass is 32.4. The number of nitrogens with zero attached hydrogens (tertiary/aromatic N) is 1. The number of benzene rings is 3. The highest BCUT2D eigenvalue weighted by Crippen LogP contribution is 2.58. The van der Waals surface area contributed by atoms with Gasteiger partial charge in [-0.05, 0) is 24.1 Å². The van der Waals surface area contributed by atoms with Gasteiger partial charge in [-0.1, -0.05) is 84.6 Å². The third-order valence-electron chi connectivity index (χ3n) is 4.37. The van der Waals surface area contributed by atoms with Crippen LogP contribution in [0.5, 0.6) is 0 Å². The number of rotatable bonds is 3. The van der Waals surface area contributed by atoms with Crippen molar-refractivity contribution in [1.82, 2.24) is 0 Å². The van der Waals surface area contributed by atoms with Crippen LogP contribution in [0, 0.1) is 6.92 Å². The van der Waals surface area contributed by atoms with Gasteiger partial charge in [0.25, 0.3) is 0 Å². The van der Waals surface area contributed by atoms with Crippen LogP contribution in [0.4, 0.5) is 5.69 Å². The van der Waals surface area contributed by atoms with E-state index >= 15 is 0 Å². The number of aliphatic imine (C=N–C) groups is 1. The Hall–Kier alpha value is -2.02. The summed E-state index contributed by atoms with van der Waals surface area (Å²) >= 11 is 6.33. The van der Waals surface area contributed by atoms with Crippen LogP contribution in [-0.4, -0.2) is 5.45 Å². The van der Waals surface area contributed by atoms with Crippen molar-refractivity contribution in [3.63, 3.8) is 0 Å². The summed E-state index contributed by atoms with van der Waals surface area (Å²) < 4.78 is 0. The maximum absolute atomic E-state index is 6.33. The molecule has 1 aliphatic rings. The number of hydrogen-bond donors (Lipinski definition) is 0. The average molecular weight is 347 g/mol. The molecule has 0 aromatic heterocycles. The zero-order valence-electron chi connectivity index (χ0n) is 13.5. The van der Waals surface area contributed by atoms with E-state index in [0.29, 0.717) is 0 Å². The number of fused-ring (bicyclic) bond motifs is 1. The predicted octanol–water partition coefficient (Wildman–Crippen LogP) is 5.39. The number of aryl methyl sites for hydroxylation is 1. The molecule has 0 radical (unpaired) electrons. The largest absolute Gasteiger partial charge is 0.246 e. The second kappa shape index (κ2) is 6.12. The van der Waals surface area contributed by atoms with Crippen LogP contribution in [0.2, 0.25) is 0 Å². The van der Waals surface area contributed by atoms with Gasteiger partial charge in [-0.25, -0.2) is 4.99 Å². The minimum atomic E-state index is -1.95. The zero-order valence-corrected chi connectivity index (χ0v) is 15.2. The van der Waals surface area contributed by atoms with Crippen LogP contribution < -0.4 is 5.30 Å². The second-order valence-electron chi connectivity index (χ2n) is 6.18. The summed E-state index contributed by atoms with van der Waals surface area (Å²) in [5, 5.41) is 1.26. The van der Waals surface area contributed by atoms with Crippen LogP contribution in [0.1, 0.15) is 16.7 Å². The first-order valence-electron chi connectivity index (χ1n) is 8.06. The van der Waals surface area contributed by atoms with E-state index in [-0.39, 0.29) is 0 Å². The Morgan fingerprint density at radius 1 is 0.875 bits per heavy atom. The third-order valence-corrected chi connectivity index (χ3v) is 8.87. The fourth-order valence-corrected chi connectivity index (χ4v) is 7.46. The van der Waals surface area contributed by atoms with Crippen molar-refractivity contribution in [2.75, 3.05) is 0 Å². The van der Waals surface area contributed by atoms with Crippen molar-refractivity contribution in [1.29, 1.82) is 0 Å². The summed E-state index contributed by atoms with van der Waals surface area (Å²) in [5.74, 6) is 0. The SMILES string of the molecule is Cc1ccc2c(c1)N=C(c1ccccc1)[P@@]2(=S)Cc1ccccc1. The lowest BCUT2D eigenvalue weighted by Gasteiger charge is -2.20. The van der Waals surface area contributed by atoms with E-state index in [0.717, 1.165) is 22.9 Å². The second-order valence-corrected chi connectivity index (χ2v) is 10.7. The molecule has 3 heteroatoms. The maximum atomic E-state index is 6.33. The molecule has 1 aliphatic heterocycles. The van der Waals surface area contributed by atoms with E-state index in [2.05, 4.69) is 79.7 Å². The van der Waals surface area contributed by atoms with Crippen molar-refractivity contribution in [3.05, 3.63) is 95.6 Å². The summed E-state index contributed by atoms with van der Waals surface area (Å²) in [5.41, 5.74) is 5.84. The van der Waals surface area contributed by atoms with Gasteiger partial charge in [0.1, 0.15) is 0 Å². The summed E-state index contributed by atoms with van der Waals surface area (Å²) in [7, 11) is 0. The highest BCUT2D eigenvalue weighted by molar-refractivity contribution is 8.26. The topological polar surface area (TPSA) is 12.4 Å². The van der Waals surface area contributed by atoms with Crippen LogP contribution in [-0.2, 0) is 18.0 Å². The molecule has 1 heterocycles. The fraction of sp³-hybridized carbons (Fsp3) is 0.0952. The molecule has 3 aromatic rings. The molecular formula is C21H18NPS. The molecule has 1 nitrogen and oxygen atoms in total. The smallest absolute Gasteiger partial charge is 0.0855 e. The van der Waals surface area contributed by atoms with Gasteiger partial charge in [0.15, 0.2) is 0 Å². The summed E-state index contributed by atoms with van der Waals surface area (Å²) in [6, 6.07) is 25.6. The molecule has 0 bridgehead atoms. The van der Waals surface area contributed by atoms with Gasteiger partial charge in [-0.2, -0.15) is 0 Å². The Labute approximate surface area is 148 Å². The van der Waals surface area contributed by atoms with Gasteiger partial charge in [-0.3, -0.25) is 0 Å². The highest BCUT2D eigenvalue weighted by Gasteiger charge is 2.34. The zero-order chi connectivity index (χ0) is 16.6. The molecule has 0 saturated heterocycles. The first kappa shape index (κ1) is 15.5. The molecular weight excluding hydrogens is 329 g/mol. The first-order chi connectivity index (χ1) is 11.7. The van der Waals surface area contributed by atoms with Gasteiger partial charge >= 0.3 is 0 Å². The minimum Gasteiger partial charge on any atom is -0.246 e. The van der Waals surface area contributed by atoms with Crippen molar-refractivity contribution in [2.45, 2.75) is 13.1 Å². The molecule has 0 amide bonds. The lowest BCUT2D eigenvalue weighted by molar-refractivity contribution is 1.41. The Bertz CT molecular complexity index is 962. The van der Waals surface area contributed by atoms with Gasteiger partial charge in [0.05, 0.1) is 11.1 Å². The Morgan fingerprint density at radius 3 is 2.25 bits per heavy atom. The molecule has 118 valence electrons. The first-order valence-corrected chi connectivity index (χ1v) is 11.0. The lowest BCUT2D eigenvalue weighted by atomic mass is 10.2. The molecule has 0 unspecified atom stereocenters. The van der Waals surface area contributed by atoms with E-state index in [1.807, 2.05) is 6.07 Å². The van der Waals surface area contributed by atoms with Gasteiger partial charge in [0, 0.05) is 23.1 Å². The standard InChI is InChI=1S/C21H18NPS/c1-16-12-13-20-19(14-16)22-21(18-10-6-3-7-11-18)23(20,24)15-17-8-4-2-5-9-17/h2-14H,15H2,1H3/t23-/m1/s1. The van der Waals surface area contributed by atoms with Crippen LogP contribution in [0.15, 0.2) is 83.9 Å². The lowest BCUT2D eigenvalue weighted by Crippen LogP contribution is -2.10. The van der Waals surface area contributed by atoms with E-state index in [9.17, 15) is 0 Å². The van der Waals surface area contributed by atoms with E-state index < -0.39 is 6.04 Å². The summed E-state index contributed by atoms with van der Waals surface area (Å²) in [6.45, 7) is 2.11. The molecule has 24 heavy (non-hydrogen) atoms. The maximum Gasteiger partial charge on any atom is 0.0855 e. The normalized spacial score (nSPS) is 19.0. The molecule has 4 rings (SSSR count). The van der Waals surface area contributed by atoms with E-state index in [1.165, 1.54) is 16.4 Å². The van der Waals surface area contributed by atoms with Crippen molar-refractivity contribution in [3.8, 4) is 0 Å². The minimum absolute atomic E-state index is 0.882. The van der Waals surface area contributed by atoms with Crippen LogP contribution in [0.3, 0.4) is 0 Å². The molecule has 0 saturated carbocycles. The Kier molecular flexibility index (Phi) is 3.96. The molecule has 0 fully saturated rings. The molecule has 1 atom stereocenters. The number of hydrogen-bond acceptors (Lipinski definition) is 2. The monoisotopic (exact) mass is 347 g/mol. The summed E-state index contributed by atoms with van der Waals surface area (Å²) in [6.07, 6.45) is 0.882. The van der Waals surface area contributed by atoms with Gasteiger partial charge < -0.3 is 0 Å². The summed E-state index contributed by atoms with van der Waals surface area (Å²) in [4.78, 5) is 4.99. The predicted molar refractivity (Wildman–Crippen MR) is 108 cm³/mol. The van der Waals surface area contributed by atoms with Crippen molar-refractivity contribution >= 4 is 34.3 Å². The average Bonchev–Trinajstić information content (AvgIpc) is 2.88. The third kappa shape index (κ3) is 2.66. The molecule has 0 spiro atoms. The van der Waals surface area contributed by atoms with E-state index in [4.69, 9.17) is 16.8 Å². The van der Waals surface area contributed by atoms with Crippen molar-refractivity contribution in [2.24, 2.45) is 4.99 Å². The van der Waals surface area contributed by atoms with Gasteiger partial charge in [-0.15, -0.1) is 0 Å². The Balaban J connectivity index is 1.88. The quantitative estimate of drug-likeness (QED) is 0.579. The molecule has 3 aromatic carbocycles. The van der Waals surface area contributed by atoms with Crippen LogP contribution in [0.25, 0.3) is 0 Å². The fourth-order valence-electron chi connectivity index (χ4n) is 3.20. The Morgan fingerprint density at radius 2 is 1.54 bits per heavy atom. The van der Waals surface area contributed by atoms with Gasteiger partial charge in [0.2, 0.25) is 0 Å². The molecule has 0 aliphatic carbocycles. The van der Waals surface area contributed by atoms with Crippen molar-refractivity contribution < 1.29 is 0 Å².